The molecule has 1 aromatic carbocycles. The Hall–Kier alpha value is -2.41. The van der Waals surface area contributed by atoms with E-state index in [4.69, 9.17) is 9.47 Å². The largest absolute Gasteiger partial charge is 0.491 e. The number of aromatic nitrogens is 3. The molecule has 1 fully saturated rings. The molecule has 2 heterocycles. The van der Waals surface area contributed by atoms with Crippen molar-refractivity contribution in [2.45, 2.75) is 38.8 Å². The molecular formula is C19H26N4O3. The summed E-state index contributed by atoms with van der Waals surface area (Å²) in [6, 6.07) is 9.67. The first kappa shape index (κ1) is 18.4. The third-order valence-corrected chi connectivity index (χ3v) is 4.82. The number of nitrogens with zero attached hydrogens (tertiary/aromatic N) is 4. The van der Waals surface area contributed by atoms with Crippen LogP contribution in [0, 0.1) is 13.8 Å². The van der Waals surface area contributed by atoms with E-state index in [1.54, 1.807) is 11.8 Å². The SMILES string of the molecule is CO[C@]1(COc2ccccc2)CCCN(C(=O)Cn2nc(C)nc2C)C1. The van der Waals surface area contributed by atoms with E-state index in [2.05, 4.69) is 10.1 Å². The van der Waals surface area contributed by atoms with Crippen molar-refractivity contribution in [2.75, 3.05) is 26.8 Å². The Labute approximate surface area is 153 Å². The fourth-order valence-corrected chi connectivity index (χ4v) is 3.33. The van der Waals surface area contributed by atoms with Crippen molar-refractivity contribution in [1.29, 1.82) is 0 Å². The summed E-state index contributed by atoms with van der Waals surface area (Å²) in [6.45, 7) is 5.54. The molecular weight excluding hydrogens is 332 g/mol. The Kier molecular flexibility index (Phi) is 5.56. The van der Waals surface area contributed by atoms with Gasteiger partial charge in [0.15, 0.2) is 0 Å². The molecule has 0 radical (unpaired) electrons. The number of methoxy groups -OCH3 is 1. The van der Waals surface area contributed by atoms with Crippen molar-refractivity contribution in [3.63, 3.8) is 0 Å². The summed E-state index contributed by atoms with van der Waals surface area (Å²) in [5.74, 6) is 2.26. The van der Waals surface area contributed by atoms with Crippen molar-refractivity contribution < 1.29 is 14.3 Å². The lowest BCUT2D eigenvalue weighted by molar-refractivity contribution is -0.144. The topological polar surface area (TPSA) is 69.5 Å². The van der Waals surface area contributed by atoms with Gasteiger partial charge in [0.25, 0.3) is 0 Å². The molecule has 0 spiro atoms. The quantitative estimate of drug-likeness (QED) is 0.790. The molecule has 0 N–H and O–H groups in total. The number of carbonyl (C=O) groups excluding carboxylic acids is 1. The van der Waals surface area contributed by atoms with Crippen LogP contribution in [-0.4, -0.2) is 58.0 Å². The van der Waals surface area contributed by atoms with Crippen LogP contribution in [0.5, 0.6) is 5.75 Å². The van der Waals surface area contributed by atoms with Gasteiger partial charge in [-0.1, -0.05) is 18.2 Å². The molecule has 0 aliphatic carbocycles. The summed E-state index contributed by atoms with van der Waals surface area (Å²) in [5.41, 5.74) is -0.489. The summed E-state index contributed by atoms with van der Waals surface area (Å²) < 4.78 is 13.4. The zero-order valence-electron chi connectivity index (χ0n) is 15.6. The molecule has 26 heavy (non-hydrogen) atoms. The van der Waals surface area contributed by atoms with Crippen molar-refractivity contribution in [2.24, 2.45) is 0 Å². The average molecular weight is 358 g/mol. The number of likely N-dealkylation sites (tertiary alicyclic amines) is 1. The van der Waals surface area contributed by atoms with E-state index in [1.165, 1.54) is 0 Å². The Balaban J connectivity index is 1.64. The number of aryl methyl sites for hydroxylation is 2. The number of hydrogen-bond acceptors (Lipinski definition) is 5. The molecule has 1 aliphatic rings. The van der Waals surface area contributed by atoms with Gasteiger partial charge in [-0.05, 0) is 38.8 Å². The summed E-state index contributed by atoms with van der Waals surface area (Å²) in [5, 5.41) is 4.28. The molecule has 1 aliphatic heterocycles. The number of ether oxygens (including phenoxy) is 2. The third kappa shape index (κ3) is 4.22. The molecule has 1 amide bonds. The zero-order valence-corrected chi connectivity index (χ0v) is 15.6. The highest BCUT2D eigenvalue weighted by atomic mass is 16.5. The maximum absolute atomic E-state index is 12.7. The highest BCUT2D eigenvalue weighted by molar-refractivity contribution is 5.76. The highest BCUT2D eigenvalue weighted by Crippen LogP contribution is 2.26. The van der Waals surface area contributed by atoms with Crippen LogP contribution in [0.25, 0.3) is 0 Å². The van der Waals surface area contributed by atoms with Gasteiger partial charge in [0.05, 0.1) is 6.54 Å². The highest BCUT2D eigenvalue weighted by Gasteiger charge is 2.38. The minimum Gasteiger partial charge on any atom is -0.491 e. The van der Waals surface area contributed by atoms with Crippen LogP contribution in [-0.2, 0) is 16.1 Å². The number of benzene rings is 1. The number of hydrogen-bond donors (Lipinski definition) is 0. The van der Waals surface area contributed by atoms with E-state index >= 15 is 0 Å². The van der Waals surface area contributed by atoms with Crippen molar-refractivity contribution in [3.05, 3.63) is 42.0 Å². The predicted molar refractivity (Wildman–Crippen MR) is 97.0 cm³/mol. The molecule has 0 unspecified atom stereocenters. The monoisotopic (exact) mass is 358 g/mol. The normalized spacial score (nSPS) is 20.2. The van der Waals surface area contributed by atoms with Crippen LogP contribution < -0.4 is 4.74 Å². The van der Waals surface area contributed by atoms with E-state index < -0.39 is 5.60 Å². The molecule has 7 nitrogen and oxygen atoms in total. The second-order valence-electron chi connectivity index (χ2n) is 6.77. The van der Waals surface area contributed by atoms with E-state index in [1.807, 2.05) is 49.1 Å². The summed E-state index contributed by atoms with van der Waals surface area (Å²) in [7, 11) is 1.69. The van der Waals surface area contributed by atoms with Gasteiger partial charge >= 0.3 is 0 Å². The third-order valence-electron chi connectivity index (χ3n) is 4.82. The Morgan fingerprint density at radius 2 is 2.04 bits per heavy atom. The minimum absolute atomic E-state index is 0.0267. The van der Waals surface area contributed by atoms with E-state index in [0.717, 1.165) is 31.0 Å². The van der Waals surface area contributed by atoms with Crippen LogP contribution in [0.4, 0.5) is 0 Å². The van der Waals surface area contributed by atoms with Gasteiger partial charge in [-0.2, -0.15) is 5.10 Å². The zero-order chi connectivity index (χ0) is 18.6. The lowest BCUT2D eigenvalue weighted by Gasteiger charge is -2.41. The molecule has 1 saturated heterocycles. The Bertz CT molecular complexity index is 746. The van der Waals surface area contributed by atoms with E-state index in [0.29, 0.717) is 19.0 Å². The second kappa shape index (κ2) is 7.86. The van der Waals surface area contributed by atoms with Crippen LogP contribution in [0.3, 0.4) is 0 Å². The molecule has 1 atom stereocenters. The van der Waals surface area contributed by atoms with Crippen molar-refractivity contribution in [3.8, 4) is 5.75 Å². The molecule has 0 bridgehead atoms. The average Bonchev–Trinajstić information content (AvgIpc) is 2.98. The second-order valence-corrected chi connectivity index (χ2v) is 6.77. The molecule has 1 aromatic heterocycles. The molecule has 140 valence electrons. The van der Waals surface area contributed by atoms with Gasteiger partial charge in [-0.3, -0.25) is 4.79 Å². The van der Waals surface area contributed by atoms with Crippen LogP contribution in [0.15, 0.2) is 30.3 Å². The first-order chi connectivity index (χ1) is 12.5. The predicted octanol–water partition coefficient (Wildman–Crippen LogP) is 1.98. The summed E-state index contributed by atoms with van der Waals surface area (Å²) >= 11 is 0. The van der Waals surface area contributed by atoms with Gasteiger partial charge in [0.2, 0.25) is 5.91 Å². The van der Waals surface area contributed by atoms with E-state index in [9.17, 15) is 4.79 Å². The van der Waals surface area contributed by atoms with Gasteiger partial charge in [0, 0.05) is 13.7 Å². The van der Waals surface area contributed by atoms with Crippen LogP contribution in [0.1, 0.15) is 24.5 Å². The van der Waals surface area contributed by atoms with Crippen LogP contribution >= 0.6 is 0 Å². The number of rotatable bonds is 6. The number of amides is 1. The van der Waals surface area contributed by atoms with Gasteiger partial charge in [-0.15, -0.1) is 0 Å². The molecule has 2 aromatic rings. The van der Waals surface area contributed by atoms with Gasteiger partial charge in [-0.25, -0.2) is 9.67 Å². The number of piperidine rings is 1. The Morgan fingerprint density at radius 3 is 2.69 bits per heavy atom. The lowest BCUT2D eigenvalue weighted by Crippen LogP contribution is -2.55. The molecule has 7 heteroatoms. The number of para-hydroxylation sites is 1. The Morgan fingerprint density at radius 1 is 1.27 bits per heavy atom. The smallest absolute Gasteiger partial charge is 0.244 e. The van der Waals surface area contributed by atoms with Crippen molar-refractivity contribution in [1.82, 2.24) is 19.7 Å². The maximum Gasteiger partial charge on any atom is 0.244 e. The standard InChI is InChI=1S/C19H26N4O3/c1-15-20-16(2)23(21-15)12-18(24)22-11-7-10-19(13-22,25-3)14-26-17-8-5-4-6-9-17/h4-6,8-9H,7,10-14H2,1-3H3/t19-/m1/s1. The van der Waals surface area contributed by atoms with Gasteiger partial charge in [0.1, 0.15) is 36.2 Å². The fourth-order valence-electron chi connectivity index (χ4n) is 3.33. The van der Waals surface area contributed by atoms with Crippen molar-refractivity contribution >= 4 is 5.91 Å². The molecule has 0 saturated carbocycles. The van der Waals surface area contributed by atoms with Gasteiger partial charge < -0.3 is 14.4 Å². The first-order valence-electron chi connectivity index (χ1n) is 8.90. The maximum atomic E-state index is 12.7. The fraction of sp³-hybridized carbons (Fsp3) is 0.526. The summed E-state index contributed by atoms with van der Waals surface area (Å²) in [6.07, 6.45) is 1.74. The lowest BCUT2D eigenvalue weighted by atomic mass is 9.93. The van der Waals surface area contributed by atoms with E-state index in [-0.39, 0.29) is 12.5 Å². The minimum atomic E-state index is -0.489. The van der Waals surface area contributed by atoms with Crippen LogP contribution in [0.2, 0.25) is 0 Å². The number of carbonyl (C=O) groups is 1. The molecule has 3 rings (SSSR count). The summed E-state index contributed by atoms with van der Waals surface area (Å²) in [4.78, 5) is 18.8. The first-order valence-corrected chi connectivity index (χ1v) is 8.90.